The minimum atomic E-state index is -0.275. The van der Waals surface area contributed by atoms with Crippen LogP contribution in [0.15, 0.2) is 48.5 Å². The number of carbonyl (C=O) groups is 4. The Morgan fingerprint density at radius 1 is 0.312 bits per heavy atom. The van der Waals surface area contributed by atoms with E-state index >= 15 is 0 Å². The Hall–Kier alpha value is -6.04. The molecule has 12 heteroatoms. The number of carbonyl (C=O) groups excluding carboxylic acids is 4. The van der Waals surface area contributed by atoms with E-state index in [-0.39, 0.29) is 97.6 Å². The van der Waals surface area contributed by atoms with Crippen LogP contribution >= 0.6 is 0 Å². The molecule has 0 heterocycles. The van der Waals surface area contributed by atoms with E-state index in [9.17, 15) is 19.2 Å². The molecule has 0 aliphatic heterocycles. The van der Waals surface area contributed by atoms with E-state index in [2.05, 4.69) is 132 Å². The fourth-order valence-corrected chi connectivity index (χ4v) is 9.86. The van der Waals surface area contributed by atoms with E-state index in [1.165, 1.54) is 0 Å². The number of rotatable bonds is 24. The molecule has 0 atom stereocenters. The fraction of sp³-hybridized carbons (Fsp3) is 0.588. The zero-order valence-electron chi connectivity index (χ0n) is 51.7. The molecule has 0 aromatic heterocycles. The molecule has 0 saturated heterocycles. The van der Waals surface area contributed by atoms with Crippen molar-refractivity contribution in [2.24, 2.45) is 0 Å². The maximum absolute atomic E-state index is 12.7. The average Bonchev–Trinajstić information content (AvgIpc) is 3.35. The largest absolute Gasteiger partial charge is 0.493 e. The first kappa shape index (κ1) is 64.8. The highest BCUT2D eigenvalue weighted by Crippen LogP contribution is 2.45. The van der Waals surface area contributed by atoms with Gasteiger partial charge in [-0.1, -0.05) is 132 Å². The minimum Gasteiger partial charge on any atom is -0.493 e. The highest BCUT2D eigenvalue weighted by molar-refractivity contribution is 5.70. The second-order valence-electron chi connectivity index (χ2n) is 25.2. The lowest BCUT2D eigenvalue weighted by Crippen LogP contribution is -2.18. The van der Waals surface area contributed by atoms with Gasteiger partial charge in [0.1, 0.15) is 23.0 Å². The van der Waals surface area contributed by atoms with Crippen molar-refractivity contribution < 1.29 is 57.1 Å². The van der Waals surface area contributed by atoms with E-state index in [1.54, 1.807) is 0 Å². The van der Waals surface area contributed by atoms with Crippen molar-refractivity contribution in [3.8, 4) is 23.0 Å². The van der Waals surface area contributed by atoms with Gasteiger partial charge in [-0.15, -0.1) is 0 Å². The summed E-state index contributed by atoms with van der Waals surface area (Å²) in [5, 5.41) is 0. The van der Waals surface area contributed by atoms with Crippen molar-refractivity contribution in [1.82, 2.24) is 0 Å². The summed E-state index contributed by atoms with van der Waals surface area (Å²) >= 11 is 0. The zero-order chi connectivity index (χ0) is 59.0. The Balaban J connectivity index is 1.95. The summed E-state index contributed by atoms with van der Waals surface area (Å²) in [5.41, 5.74) is 11.2. The number of fused-ring (bicyclic) bond motifs is 8. The summed E-state index contributed by atoms with van der Waals surface area (Å²) in [4.78, 5) is 50.8. The molecule has 0 N–H and O–H groups in total. The highest BCUT2D eigenvalue weighted by atomic mass is 16.5. The third-order valence-corrected chi connectivity index (χ3v) is 14.3. The molecule has 5 rings (SSSR count). The van der Waals surface area contributed by atoms with Gasteiger partial charge in [0, 0.05) is 51.4 Å². The molecule has 0 spiro atoms. The minimum absolute atomic E-state index is 0.217. The Morgan fingerprint density at radius 3 is 0.613 bits per heavy atom. The molecule has 1 aliphatic rings. The van der Waals surface area contributed by atoms with Crippen molar-refractivity contribution in [3.63, 3.8) is 0 Å². The Kier molecular flexibility index (Phi) is 23.6. The lowest BCUT2D eigenvalue weighted by atomic mass is 9.79. The second kappa shape index (κ2) is 29.1. The molecule has 1 aliphatic carbocycles. The summed E-state index contributed by atoms with van der Waals surface area (Å²) in [6.07, 6.45) is 4.42. The molecule has 80 heavy (non-hydrogen) atoms. The van der Waals surface area contributed by atoms with Crippen LogP contribution in [-0.2, 0) is 85.5 Å². The summed E-state index contributed by atoms with van der Waals surface area (Å²) in [6, 6.07) is 18.2. The number of esters is 4. The number of benzene rings is 4. The van der Waals surface area contributed by atoms with E-state index in [4.69, 9.17) is 37.9 Å². The molecule has 8 bridgehead atoms. The predicted molar refractivity (Wildman–Crippen MR) is 317 cm³/mol. The summed E-state index contributed by atoms with van der Waals surface area (Å²) in [6.45, 7) is 36.3. The van der Waals surface area contributed by atoms with Crippen molar-refractivity contribution in [2.45, 2.75) is 209 Å². The zero-order valence-corrected chi connectivity index (χ0v) is 51.7. The Labute approximate surface area is 479 Å². The number of hydrogen-bond acceptors (Lipinski definition) is 12. The van der Waals surface area contributed by atoms with Gasteiger partial charge in [-0.05, 0) is 142 Å². The van der Waals surface area contributed by atoms with E-state index in [1.807, 2.05) is 27.7 Å². The average molecular weight is 1110 g/mol. The summed E-state index contributed by atoms with van der Waals surface area (Å²) < 4.78 is 49.6. The molecule has 4 aromatic rings. The maximum Gasteiger partial charge on any atom is 0.305 e. The third-order valence-electron chi connectivity index (χ3n) is 14.3. The van der Waals surface area contributed by atoms with Crippen LogP contribution in [0.4, 0.5) is 0 Å². The Morgan fingerprint density at radius 2 is 0.475 bits per heavy atom. The highest BCUT2D eigenvalue weighted by Gasteiger charge is 2.30. The van der Waals surface area contributed by atoms with Gasteiger partial charge in [0.25, 0.3) is 0 Å². The number of hydrogen-bond donors (Lipinski definition) is 0. The third kappa shape index (κ3) is 19.0. The SMILES string of the molecule is CCOC(=O)CCCOc1c2cc(C(C)(C)C)cc1Cc1cc(C(C)(C)C)cc(c1OCCCC(=O)OCC)Cc1cc(C(C)(C)C)cc(c1OCCCC(=O)OCC)Cc1cc(C(C)(C)C)cc(c1OCCCC(=O)OCC)C2. The quantitative estimate of drug-likeness (QED) is 0.0330. The van der Waals surface area contributed by atoms with E-state index in [0.717, 1.165) is 89.8 Å². The van der Waals surface area contributed by atoms with Gasteiger partial charge >= 0.3 is 23.9 Å². The first-order chi connectivity index (χ1) is 37.7. The topological polar surface area (TPSA) is 142 Å². The lowest BCUT2D eigenvalue weighted by Gasteiger charge is -2.29. The van der Waals surface area contributed by atoms with Crippen molar-refractivity contribution in [1.29, 1.82) is 0 Å². The van der Waals surface area contributed by atoms with Gasteiger partial charge in [0.05, 0.1) is 52.9 Å². The number of ether oxygens (including phenoxy) is 8. The van der Waals surface area contributed by atoms with Gasteiger partial charge < -0.3 is 37.9 Å². The molecular formula is C68H96O12. The fourth-order valence-electron chi connectivity index (χ4n) is 9.86. The van der Waals surface area contributed by atoms with Crippen molar-refractivity contribution in [3.05, 3.63) is 115 Å². The predicted octanol–water partition coefficient (Wildman–Crippen LogP) is 14.4. The van der Waals surface area contributed by atoms with E-state index < -0.39 is 0 Å². The first-order valence-corrected chi connectivity index (χ1v) is 29.4. The second-order valence-corrected chi connectivity index (χ2v) is 25.2. The van der Waals surface area contributed by atoms with Gasteiger partial charge in [0.2, 0.25) is 0 Å². The molecule has 4 aromatic carbocycles. The molecule has 0 amide bonds. The van der Waals surface area contributed by atoms with Crippen LogP contribution in [0.3, 0.4) is 0 Å². The molecule has 0 saturated carbocycles. The van der Waals surface area contributed by atoms with Crippen LogP contribution in [-0.4, -0.2) is 76.7 Å². The molecule has 440 valence electrons. The summed E-state index contributed by atoms with van der Waals surface area (Å²) in [7, 11) is 0. The van der Waals surface area contributed by atoms with Gasteiger partial charge in [-0.3, -0.25) is 19.2 Å². The first-order valence-electron chi connectivity index (χ1n) is 29.4. The van der Waals surface area contributed by atoms with Crippen LogP contribution in [0.2, 0.25) is 0 Å². The maximum atomic E-state index is 12.7. The molecule has 12 nitrogen and oxygen atoms in total. The van der Waals surface area contributed by atoms with Gasteiger partial charge in [-0.25, -0.2) is 0 Å². The normalized spacial score (nSPS) is 12.8. The Bertz CT molecular complexity index is 2270. The van der Waals surface area contributed by atoms with Crippen LogP contribution in [0.1, 0.15) is 229 Å². The van der Waals surface area contributed by atoms with Crippen molar-refractivity contribution >= 4 is 23.9 Å². The lowest BCUT2D eigenvalue weighted by molar-refractivity contribution is -0.144. The van der Waals surface area contributed by atoms with Crippen LogP contribution in [0.25, 0.3) is 0 Å². The molecule has 0 radical (unpaired) electrons. The van der Waals surface area contributed by atoms with Crippen LogP contribution < -0.4 is 18.9 Å². The summed E-state index contributed by atoms with van der Waals surface area (Å²) in [5.74, 6) is 1.88. The standard InChI is InChI=1S/C68H96O12/c1-17-73-57(69)25-21-29-77-61-45-33-47-39-54(66(8,9)10)41-49(62(47)78-30-22-26-58(70)74-18-2)35-51-43-56(68(14,15)16)44-52(64(51)80-32-24-28-60(72)76-20-4)36-50-42-55(67(11,12)13)40-48(34-46(61)38-53(37-45)65(5,6)7)63(50)79-31-23-27-59(71)75-19-3/h37-44H,17-36H2,1-16H3. The van der Waals surface area contributed by atoms with E-state index in [0.29, 0.717) is 77.8 Å². The molecular weight excluding hydrogens is 1010 g/mol. The molecule has 0 fully saturated rings. The monoisotopic (exact) mass is 1100 g/mol. The molecule has 0 unspecified atom stereocenters. The van der Waals surface area contributed by atoms with Crippen LogP contribution in [0, 0.1) is 0 Å². The van der Waals surface area contributed by atoms with Crippen molar-refractivity contribution in [2.75, 3.05) is 52.9 Å². The van der Waals surface area contributed by atoms with Gasteiger partial charge in [-0.2, -0.15) is 0 Å². The van der Waals surface area contributed by atoms with Crippen LogP contribution in [0.5, 0.6) is 23.0 Å². The van der Waals surface area contributed by atoms with Gasteiger partial charge in [0.15, 0.2) is 0 Å². The smallest absolute Gasteiger partial charge is 0.305 e.